The van der Waals surface area contributed by atoms with Crippen molar-refractivity contribution >= 4 is 60.4 Å². The van der Waals surface area contributed by atoms with Gasteiger partial charge in [0.15, 0.2) is 0 Å². The Kier molecular flexibility index (Phi) is 7.26. The Labute approximate surface area is 337 Å². The largest absolute Gasteiger partial charge is 0.309 e. The maximum Gasteiger partial charge on any atom is 0.0624 e. The summed E-state index contributed by atoms with van der Waals surface area (Å²) in [5.41, 5.74) is 17.0. The summed E-state index contributed by atoms with van der Waals surface area (Å²) < 4.78 is 2.38. The minimum absolute atomic E-state index is 1.12. The molecule has 11 aromatic rings. The first kappa shape index (κ1) is 32.6. The molecule has 0 spiro atoms. The minimum Gasteiger partial charge on any atom is -0.309 e. The molecule has 0 saturated carbocycles. The van der Waals surface area contributed by atoms with Gasteiger partial charge in [0.1, 0.15) is 0 Å². The molecular formula is C56H36N2. The second-order valence-electron chi connectivity index (χ2n) is 15.3. The summed E-state index contributed by atoms with van der Waals surface area (Å²) in [6, 6.07) is 80.0. The summed E-state index contributed by atoms with van der Waals surface area (Å²) in [4.78, 5) is 2.50. The van der Waals surface area contributed by atoms with Gasteiger partial charge in [0, 0.05) is 38.8 Å². The third-order valence-corrected chi connectivity index (χ3v) is 12.0. The van der Waals surface area contributed by atoms with Crippen molar-refractivity contribution in [3.8, 4) is 50.2 Å². The topological polar surface area (TPSA) is 8.17 Å². The van der Waals surface area contributed by atoms with E-state index in [1.807, 2.05) is 0 Å². The van der Waals surface area contributed by atoms with Crippen LogP contribution in [0, 0.1) is 0 Å². The SMILES string of the molecule is c1ccc(-c2ccc(N(c3cccc(-c4ccc5c(c4)c4ccccc4n5-c4ccccc4)c3)c3c4c(cc5ccccc35)-c3cc5ccccc5cc3-4)cc2)cc1. The van der Waals surface area contributed by atoms with Crippen LogP contribution in [-0.4, -0.2) is 4.57 Å². The van der Waals surface area contributed by atoms with Crippen LogP contribution in [0.15, 0.2) is 218 Å². The van der Waals surface area contributed by atoms with E-state index in [9.17, 15) is 0 Å². The van der Waals surface area contributed by atoms with E-state index in [-0.39, 0.29) is 0 Å². The van der Waals surface area contributed by atoms with Gasteiger partial charge >= 0.3 is 0 Å². The van der Waals surface area contributed by atoms with E-state index in [1.165, 1.54) is 99.2 Å². The van der Waals surface area contributed by atoms with Gasteiger partial charge in [-0.25, -0.2) is 0 Å². The molecule has 2 heteroatoms. The van der Waals surface area contributed by atoms with Crippen LogP contribution in [0.2, 0.25) is 0 Å². The van der Waals surface area contributed by atoms with Crippen molar-refractivity contribution in [2.75, 3.05) is 4.90 Å². The van der Waals surface area contributed by atoms with Crippen LogP contribution < -0.4 is 4.90 Å². The van der Waals surface area contributed by atoms with Crippen LogP contribution >= 0.6 is 0 Å². The molecule has 12 rings (SSSR count). The van der Waals surface area contributed by atoms with Crippen molar-refractivity contribution in [3.05, 3.63) is 218 Å². The molecule has 0 saturated heterocycles. The third-order valence-electron chi connectivity index (χ3n) is 12.0. The molecule has 1 aliphatic carbocycles. The predicted molar refractivity (Wildman–Crippen MR) is 246 cm³/mol. The van der Waals surface area contributed by atoms with Crippen molar-refractivity contribution in [2.24, 2.45) is 0 Å². The molecule has 0 amide bonds. The quantitative estimate of drug-likeness (QED) is 0.165. The number of aromatic nitrogens is 1. The lowest BCUT2D eigenvalue weighted by Crippen LogP contribution is -2.15. The number of hydrogen-bond acceptors (Lipinski definition) is 1. The Morgan fingerprint density at radius 1 is 0.310 bits per heavy atom. The Balaban J connectivity index is 1.07. The zero-order chi connectivity index (χ0) is 38.2. The van der Waals surface area contributed by atoms with Crippen molar-refractivity contribution in [2.45, 2.75) is 0 Å². The second-order valence-corrected chi connectivity index (χ2v) is 15.3. The van der Waals surface area contributed by atoms with Gasteiger partial charge in [0.2, 0.25) is 0 Å². The van der Waals surface area contributed by atoms with Crippen molar-refractivity contribution in [3.63, 3.8) is 0 Å². The van der Waals surface area contributed by atoms with Gasteiger partial charge in [-0.1, -0.05) is 146 Å². The number of fused-ring (bicyclic) bond motifs is 9. The van der Waals surface area contributed by atoms with E-state index in [4.69, 9.17) is 0 Å². The fraction of sp³-hybridized carbons (Fsp3) is 0. The average Bonchev–Trinajstić information content (AvgIpc) is 3.63. The highest BCUT2D eigenvalue weighted by atomic mass is 15.1. The molecule has 10 aromatic carbocycles. The summed E-state index contributed by atoms with van der Waals surface area (Å²) >= 11 is 0. The average molecular weight is 737 g/mol. The minimum atomic E-state index is 1.12. The lowest BCUT2D eigenvalue weighted by atomic mass is 9.76. The van der Waals surface area contributed by atoms with Gasteiger partial charge in [-0.2, -0.15) is 0 Å². The van der Waals surface area contributed by atoms with Crippen LogP contribution in [0.1, 0.15) is 0 Å². The zero-order valence-corrected chi connectivity index (χ0v) is 31.7. The normalized spacial score (nSPS) is 11.8. The molecule has 2 nitrogen and oxygen atoms in total. The molecule has 0 aliphatic heterocycles. The lowest BCUT2D eigenvalue weighted by Gasteiger charge is -2.35. The van der Waals surface area contributed by atoms with Crippen LogP contribution in [-0.2, 0) is 0 Å². The summed E-state index contributed by atoms with van der Waals surface area (Å²) in [5.74, 6) is 0. The molecule has 1 heterocycles. The number of benzene rings is 10. The van der Waals surface area contributed by atoms with Crippen LogP contribution in [0.4, 0.5) is 17.1 Å². The Morgan fingerprint density at radius 2 is 0.879 bits per heavy atom. The first-order chi connectivity index (χ1) is 28.8. The number of para-hydroxylation sites is 2. The molecule has 0 radical (unpaired) electrons. The van der Waals surface area contributed by atoms with Crippen LogP contribution in [0.25, 0.3) is 93.5 Å². The highest BCUT2D eigenvalue weighted by Gasteiger charge is 2.31. The molecule has 0 unspecified atom stereocenters. The second kappa shape index (κ2) is 12.9. The molecule has 270 valence electrons. The number of anilines is 3. The fourth-order valence-electron chi connectivity index (χ4n) is 9.33. The molecule has 0 N–H and O–H groups in total. The van der Waals surface area contributed by atoms with E-state index in [0.29, 0.717) is 0 Å². The maximum atomic E-state index is 2.50. The molecule has 1 aromatic heterocycles. The van der Waals surface area contributed by atoms with E-state index in [2.05, 4.69) is 228 Å². The van der Waals surface area contributed by atoms with Gasteiger partial charge in [-0.15, -0.1) is 0 Å². The van der Waals surface area contributed by atoms with Gasteiger partial charge < -0.3 is 9.47 Å². The molecule has 0 fully saturated rings. The van der Waals surface area contributed by atoms with Gasteiger partial charge in [-0.3, -0.25) is 0 Å². The van der Waals surface area contributed by atoms with Gasteiger partial charge in [0.25, 0.3) is 0 Å². The molecule has 0 bridgehead atoms. The van der Waals surface area contributed by atoms with E-state index < -0.39 is 0 Å². The van der Waals surface area contributed by atoms with Crippen molar-refractivity contribution in [1.29, 1.82) is 0 Å². The van der Waals surface area contributed by atoms with E-state index >= 15 is 0 Å². The summed E-state index contributed by atoms with van der Waals surface area (Å²) in [6.45, 7) is 0. The first-order valence-electron chi connectivity index (χ1n) is 20.0. The molecular weight excluding hydrogens is 701 g/mol. The fourth-order valence-corrected chi connectivity index (χ4v) is 9.33. The Bertz CT molecular complexity index is 3380. The number of nitrogens with zero attached hydrogens (tertiary/aromatic N) is 2. The van der Waals surface area contributed by atoms with Crippen molar-refractivity contribution in [1.82, 2.24) is 4.57 Å². The number of rotatable bonds is 6. The molecule has 1 aliphatic rings. The van der Waals surface area contributed by atoms with Gasteiger partial charge in [-0.05, 0) is 128 Å². The third kappa shape index (κ3) is 5.05. The molecule has 0 atom stereocenters. The van der Waals surface area contributed by atoms with Gasteiger partial charge in [0.05, 0.1) is 16.7 Å². The van der Waals surface area contributed by atoms with E-state index in [1.54, 1.807) is 0 Å². The summed E-state index contributed by atoms with van der Waals surface area (Å²) in [5, 5.41) is 7.49. The Morgan fingerprint density at radius 3 is 1.67 bits per heavy atom. The smallest absolute Gasteiger partial charge is 0.0624 e. The van der Waals surface area contributed by atoms with E-state index in [0.717, 1.165) is 11.4 Å². The monoisotopic (exact) mass is 736 g/mol. The predicted octanol–water partition coefficient (Wildman–Crippen LogP) is 15.5. The maximum absolute atomic E-state index is 2.50. The zero-order valence-electron chi connectivity index (χ0n) is 31.7. The van der Waals surface area contributed by atoms with Crippen LogP contribution in [0.5, 0.6) is 0 Å². The van der Waals surface area contributed by atoms with Crippen LogP contribution in [0.3, 0.4) is 0 Å². The lowest BCUT2D eigenvalue weighted by molar-refractivity contribution is 1.18. The Hall–Kier alpha value is -7.68. The molecule has 58 heavy (non-hydrogen) atoms. The van der Waals surface area contributed by atoms with Crippen molar-refractivity contribution < 1.29 is 0 Å². The number of hydrogen-bond donors (Lipinski definition) is 0. The highest BCUT2D eigenvalue weighted by molar-refractivity contribution is 6.20. The summed E-state index contributed by atoms with van der Waals surface area (Å²) in [6.07, 6.45) is 0. The summed E-state index contributed by atoms with van der Waals surface area (Å²) in [7, 11) is 0. The standard InChI is InChI=1S/C56H36N2/c1-3-14-37(15-4-1)38-26-29-45(30-27-38)57(56-47-23-10-9-18-43(47)36-52-49-33-40-16-7-8-17-41(40)35-51(49)55(52)56)46-22-13-19-39(32-46)42-28-31-54-50(34-42)48-24-11-12-25-53(48)58(54)44-20-5-2-6-21-44/h1-36H. The first-order valence-corrected chi connectivity index (χ1v) is 20.0. The highest BCUT2D eigenvalue weighted by Crippen LogP contribution is 2.58.